The van der Waals surface area contributed by atoms with E-state index < -0.39 is 5.56 Å². The topological polar surface area (TPSA) is 62.3 Å². The fourth-order valence-electron chi connectivity index (χ4n) is 2.15. The van der Waals surface area contributed by atoms with Crippen LogP contribution in [0.3, 0.4) is 0 Å². The average Bonchev–Trinajstić information content (AvgIpc) is 2.46. The lowest BCUT2D eigenvalue weighted by Crippen LogP contribution is -2.09. The average molecular weight is 428 g/mol. The maximum Gasteiger partial charge on any atom is 0.295 e. The highest BCUT2D eigenvalue weighted by Crippen LogP contribution is 2.35. The largest absolute Gasteiger partial charge is 0.504 e. The summed E-state index contributed by atoms with van der Waals surface area (Å²) in [5, 5.41) is 11.4. The van der Waals surface area contributed by atoms with Gasteiger partial charge in [0, 0.05) is 8.96 Å². The Kier molecular flexibility index (Phi) is 4.01. The number of hydrogen-bond acceptors (Lipinski definition) is 3. The number of aryl methyl sites for hydroxylation is 1. The lowest BCUT2D eigenvalue weighted by molar-refractivity contribution is 0.410. The normalized spacial score (nSPS) is 10.9. The van der Waals surface area contributed by atoms with Gasteiger partial charge in [-0.1, -0.05) is 23.7 Å². The van der Waals surface area contributed by atoms with Gasteiger partial charge in [0.05, 0.1) is 10.5 Å². The van der Waals surface area contributed by atoms with Crippen molar-refractivity contribution in [1.29, 1.82) is 0 Å². The van der Waals surface area contributed by atoms with Crippen molar-refractivity contribution in [3.8, 4) is 17.2 Å². The Morgan fingerprint density at radius 2 is 2.05 bits per heavy atom. The van der Waals surface area contributed by atoms with E-state index in [1.165, 1.54) is 0 Å². The van der Waals surface area contributed by atoms with Crippen molar-refractivity contribution >= 4 is 45.1 Å². The van der Waals surface area contributed by atoms with Crippen molar-refractivity contribution in [2.24, 2.45) is 0 Å². The summed E-state index contributed by atoms with van der Waals surface area (Å²) >= 11 is 8.10. The molecule has 22 heavy (non-hydrogen) atoms. The van der Waals surface area contributed by atoms with Gasteiger partial charge in [-0.2, -0.15) is 0 Å². The summed E-state index contributed by atoms with van der Waals surface area (Å²) in [6.07, 6.45) is 0. The minimum absolute atomic E-state index is 0.128. The molecule has 3 aromatic rings. The second-order valence-electron chi connectivity index (χ2n) is 4.86. The van der Waals surface area contributed by atoms with Crippen molar-refractivity contribution < 1.29 is 9.84 Å². The van der Waals surface area contributed by atoms with E-state index in [0.29, 0.717) is 21.7 Å². The molecule has 0 bridgehead atoms. The first-order chi connectivity index (χ1) is 10.5. The van der Waals surface area contributed by atoms with Gasteiger partial charge in [-0.3, -0.25) is 4.79 Å². The Morgan fingerprint density at radius 3 is 2.77 bits per heavy atom. The van der Waals surface area contributed by atoms with Gasteiger partial charge in [0.2, 0.25) is 5.75 Å². The van der Waals surface area contributed by atoms with Crippen molar-refractivity contribution in [3.63, 3.8) is 0 Å². The van der Waals surface area contributed by atoms with Crippen LogP contribution in [-0.4, -0.2) is 10.1 Å². The van der Waals surface area contributed by atoms with Crippen LogP contribution in [0.4, 0.5) is 0 Å². The number of ether oxygens (including phenoxy) is 1. The predicted molar refractivity (Wildman–Crippen MR) is 95.2 cm³/mol. The van der Waals surface area contributed by atoms with Crippen LogP contribution >= 0.6 is 34.2 Å². The summed E-state index contributed by atoms with van der Waals surface area (Å²) in [5.41, 5.74) is 0.948. The second kappa shape index (κ2) is 5.81. The van der Waals surface area contributed by atoms with Crippen LogP contribution in [0.2, 0.25) is 5.02 Å². The zero-order valence-corrected chi connectivity index (χ0v) is 14.4. The molecule has 0 aliphatic carbocycles. The molecule has 1 heterocycles. The lowest BCUT2D eigenvalue weighted by atomic mass is 10.2. The molecule has 4 nitrogen and oxygen atoms in total. The zero-order valence-electron chi connectivity index (χ0n) is 11.5. The molecule has 2 aromatic carbocycles. The van der Waals surface area contributed by atoms with Crippen LogP contribution in [-0.2, 0) is 0 Å². The monoisotopic (exact) mass is 427 g/mol. The third-order valence-electron chi connectivity index (χ3n) is 3.19. The van der Waals surface area contributed by atoms with Crippen molar-refractivity contribution in [1.82, 2.24) is 4.98 Å². The molecular formula is C16H11ClINO3. The van der Waals surface area contributed by atoms with Gasteiger partial charge >= 0.3 is 0 Å². The molecule has 3 rings (SSSR count). The highest BCUT2D eigenvalue weighted by Gasteiger charge is 2.15. The SMILES string of the molecule is Cc1cccc(Oc2c(O)c3cc(I)c(Cl)cc3[nH]c2=O)c1. The van der Waals surface area contributed by atoms with Crippen LogP contribution < -0.4 is 10.3 Å². The first-order valence-electron chi connectivity index (χ1n) is 6.44. The minimum Gasteiger partial charge on any atom is -0.504 e. The third kappa shape index (κ3) is 2.78. The molecule has 1 aromatic heterocycles. The molecule has 0 aliphatic rings. The Morgan fingerprint density at radius 1 is 1.27 bits per heavy atom. The molecule has 0 saturated carbocycles. The number of halogens is 2. The van der Waals surface area contributed by atoms with Crippen molar-refractivity contribution in [2.75, 3.05) is 0 Å². The van der Waals surface area contributed by atoms with Gasteiger partial charge in [0.15, 0.2) is 5.75 Å². The summed E-state index contributed by atoms with van der Waals surface area (Å²) in [7, 11) is 0. The Labute approximate surface area is 144 Å². The molecule has 0 aliphatic heterocycles. The summed E-state index contributed by atoms with van der Waals surface area (Å²) in [6, 6.07) is 10.6. The summed E-state index contributed by atoms with van der Waals surface area (Å²) < 4.78 is 6.34. The molecule has 0 atom stereocenters. The van der Waals surface area contributed by atoms with E-state index >= 15 is 0 Å². The number of nitrogens with one attached hydrogen (secondary N) is 1. The van der Waals surface area contributed by atoms with Gasteiger partial charge in [-0.15, -0.1) is 0 Å². The predicted octanol–water partition coefficient (Wildman–Crippen LogP) is 4.59. The van der Waals surface area contributed by atoms with E-state index in [1.807, 2.05) is 19.1 Å². The standard InChI is InChI=1S/C16H11ClINO3/c1-8-3-2-4-9(5-8)22-15-14(20)10-6-12(18)11(17)7-13(10)19-16(15)21/h2-7H,1H3,(H2,19,20,21). The van der Waals surface area contributed by atoms with Crippen LogP contribution in [0.15, 0.2) is 41.2 Å². The summed E-state index contributed by atoms with van der Waals surface area (Å²) in [6.45, 7) is 1.92. The number of aromatic nitrogens is 1. The number of fused-ring (bicyclic) bond motifs is 1. The molecule has 0 fully saturated rings. The molecule has 2 N–H and O–H groups in total. The Hall–Kier alpha value is -1.73. The molecule has 0 spiro atoms. The highest BCUT2D eigenvalue weighted by atomic mass is 127. The number of H-pyrrole nitrogens is 1. The van der Waals surface area contributed by atoms with Crippen LogP contribution in [0.5, 0.6) is 17.2 Å². The maximum absolute atomic E-state index is 12.2. The first-order valence-corrected chi connectivity index (χ1v) is 7.90. The quantitative estimate of drug-likeness (QED) is 0.588. The number of benzene rings is 2. The smallest absolute Gasteiger partial charge is 0.295 e. The number of aromatic amines is 1. The molecule has 112 valence electrons. The third-order valence-corrected chi connectivity index (χ3v) is 4.72. The van der Waals surface area contributed by atoms with E-state index in [-0.39, 0.29) is 11.5 Å². The summed E-state index contributed by atoms with van der Waals surface area (Å²) in [5.74, 6) is 0.162. The lowest BCUT2D eigenvalue weighted by Gasteiger charge is -2.10. The Bertz CT molecular complexity index is 937. The minimum atomic E-state index is -0.510. The van der Waals surface area contributed by atoms with E-state index in [9.17, 15) is 9.90 Å². The fraction of sp³-hybridized carbons (Fsp3) is 0.0625. The molecular weight excluding hydrogens is 417 g/mol. The second-order valence-corrected chi connectivity index (χ2v) is 6.43. The van der Waals surface area contributed by atoms with Gasteiger partial charge in [-0.05, 0) is 59.3 Å². The number of pyridine rings is 1. The first kappa shape index (κ1) is 15.2. The van der Waals surface area contributed by atoms with Gasteiger partial charge in [-0.25, -0.2) is 0 Å². The van der Waals surface area contributed by atoms with Gasteiger partial charge in [0.25, 0.3) is 5.56 Å². The molecule has 0 radical (unpaired) electrons. The van der Waals surface area contributed by atoms with E-state index in [1.54, 1.807) is 24.3 Å². The number of rotatable bonds is 2. The molecule has 6 heteroatoms. The van der Waals surface area contributed by atoms with E-state index in [4.69, 9.17) is 16.3 Å². The fourth-order valence-corrected chi connectivity index (χ4v) is 2.78. The zero-order chi connectivity index (χ0) is 15.9. The van der Waals surface area contributed by atoms with E-state index in [0.717, 1.165) is 9.13 Å². The number of hydrogen-bond donors (Lipinski definition) is 2. The maximum atomic E-state index is 12.2. The van der Waals surface area contributed by atoms with E-state index in [2.05, 4.69) is 27.6 Å². The van der Waals surface area contributed by atoms with Crippen molar-refractivity contribution in [2.45, 2.75) is 6.92 Å². The molecule has 0 amide bonds. The van der Waals surface area contributed by atoms with Crippen LogP contribution in [0.1, 0.15) is 5.56 Å². The molecule has 0 saturated heterocycles. The highest BCUT2D eigenvalue weighted by molar-refractivity contribution is 14.1. The number of aromatic hydroxyl groups is 1. The summed E-state index contributed by atoms with van der Waals surface area (Å²) in [4.78, 5) is 14.8. The Balaban J connectivity index is 2.18. The van der Waals surface area contributed by atoms with Gasteiger partial charge < -0.3 is 14.8 Å². The van der Waals surface area contributed by atoms with Gasteiger partial charge in [0.1, 0.15) is 5.75 Å². The molecule has 0 unspecified atom stereocenters. The van der Waals surface area contributed by atoms with Crippen LogP contribution in [0, 0.1) is 10.5 Å². The van der Waals surface area contributed by atoms with Crippen LogP contribution in [0.25, 0.3) is 10.9 Å². The van der Waals surface area contributed by atoms with Crippen molar-refractivity contribution in [3.05, 3.63) is 60.9 Å².